The Morgan fingerprint density at radius 1 is 1.15 bits per heavy atom. The van der Waals surface area contributed by atoms with Crippen LogP contribution < -0.4 is 0 Å². The molecule has 0 spiro atoms. The van der Waals surface area contributed by atoms with Gasteiger partial charge in [-0.15, -0.1) is 0 Å². The molecule has 0 aromatic heterocycles. The van der Waals surface area contributed by atoms with E-state index in [1.807, 2.05) is 0 Å². The number of benzene rings is 1. The number of aliphatic hydroxyl groups excluding tert-OH is 1. The van der Waals surface area contributed by atoms with E-state index in [2.05, 4.69) is 0 Å². The lowest BCUT2D eigenvalue weighted by atomic mass is 9.53. The number of ether oxygens (including phenoxy) is 1. The molecule has 1 aromatic carbocycles. The van der Waals surface area contributed by atoms with Gasteiger partial charge in [-0.1, -0.05) is 17.7 Å². The minimum Gasteiger partial charge on any atom is -0.507 e. The molecule has 1 heterocycles. The lowest BCUT2D eigenvalue weighted by molar-refractivity contribution is -0.141. The van der Waals surface area contributed by atoms with Crippen molar-refractivity contribution in [2.45, 2.75) is 42.7 Å². The summed E-state index contributed by atoms with van der Waals surface area (Å²) in [4.78, 5) is 39.2. The SMILES string of the molecule is CC1=CC(=O)[C@@H]2[C@](O)(C1)C[C@@H](O)[C@]13O[C@]21C(=O)c1cccc(O)c1C3=O. The molecule has 1 saturated carbocycles. The van der Waals surface area contributed by atoms with E-state index in [0.29, 0.717) is 5.57 Å². The molecule has 3 N–H and O–H groups in total. The van der Waals surface area contributed by atoms with E-state index in [1.54, 1.807) is 6.92 Å². The maximum atomic E-state index is 13.3. The van der Waals surface area contributed by atoms with Crippen LogP contribution in [0.5, 0.6) is 5.75 Å². The summed E-state index contributed by atoms with van der Waals surface area (Å²) in [6.45, 7) is 1.69. The third-order valence-corrected chi connectivity index (χ3v) is 6.24. The number of hydrogen-bond acceptors (Lipinski definition) is 7. The van der Waals surface area contributed by atoms with Crippen molar-refractivity contribution in [1.82, 2.24) is 0 Å². The molecule has 134 valence electrons. The van der Waals surface area contributed by atoms with Gasteiger partial charge in [-0.3, -0.25) is 14.4 Å². The monoisotopic (exact) mass is 356 g/mol. The fourth-order valence-corrected chi connectivity index (χ4v) is 5.36. The average molecular weight is 356 g/mol. The Morgan fingerprint density at radius 2 is 1.88 bits per heavy atom. The minimum absolute atomic E-state index is 0.0568. The Labute approximate surface area is 147 Å². The quantitative estimate of drug-likeness (QED) is 0.571. The Hall–Kier alpha value is -2.35. The van der Waals surface area contributed by atoms with Crippen LogP contribution in [0, 0.1) is 5.92 Å². The van der Waals surface area contributed by atoms with E-state index in [4.69, 9.17) is 4.74 Å². The second-order valence-corrected chi connectivity index (χ2v) is 7.76. The zero-order valence-corrected chi connectivity index (χ0v) is 13.9. The maximum absolute atomic E-state index is 13.3. The van der Waals surface area contributed by atoms with Gasteiger partial charge in [0.15, 0.2) is 22.8 Å². The van der Waals surface area contributed by atoms with Crippen LogP contribution in [0.4, 0.5) is 0 Å². The summed E-state index contributed by atoms with van der Waals surface area (Å²) in [6, 6.07) is 4.08. The molecule has 0 radical (unpaired) electrons. The molecule has 1 saturated heterocycles. The summed E-state index contributed by atoms with van der Waals surface area (Å²) in [5.41, 5.74) is -5.14. The summed E-state index contributed by atoms with van der Waals surface area (Å²) in [5.74, 6) is -3.52. The van der Waals surface area contributed by atoms with Crippen molar-refractivity contribution in [2.24, 2.45) is 5.92 Å². The molecule has 0 amide bonds. The van der Waals surface area contributed by atoms with Gasteiger partial charge >= 0.3 is 0 Å². The van der Waals surface area contributed by atoms with E-state index in [1.165, 1.54) is 24.3 Å². The van der Waals surface area contributed by atoms with Gasteiger partial charge in [-0.05, 0) is 25.5 Å². The topological polar surface area (TPSA) is 124 Å². The van der Waals surface area contributed by atoms with E-state index in [0.717, 1.165) is 0 Å². The van der Waals surface area contributed by atoms with Gasteiger partial charge in [-0.25, -0.2) is 0 Å². The lowest BCUT2D eigenvalue weighted by Gasteiger charge is -2.47. The number of carbonyl (C=O) groups excluding carboxylic acids is 3. The molecule has 7 nitrogen and oxygen atoms in total. The first-order valence-electron chi connectivity index (χ1n) is 8.42. The number of rotatable bonds is 0. The smallest absolute Gasteiger partial charge is 0.205 e. The van der Waals surface area contributed by atoms with Gasteiger partial charge < -0.3 is 20.1 Å². The van der Waals surface area contributed by atoms with Crippen LogP contribution in [-0.4, -0.2) is 55.6 Å². The summed E-state index contributed by atoms with van der Waals surface area (Å²) in [6.07, 6.45) is -0.270. The number of Topliss-reactive ketones (excluding diaryl/α,β-unsaturated/α-hetero) is 2. The van der Waals surface area contributed by atoms with Gasteiger partial charge in [0.25, 0.3) is 0 Å². The molecule has 4 aliphatic rings. The summed E-state index contributed by atoms with van der Waals surface area (Å²) >= 11 is 0. The van der Waals surface area contributed by atoms with E-state index in [9.17, 15) is 29.7 Å². The van der Waals surface area contributed by atoms with Crippen LogP contribution in [0.15, 0.2) is 29.8 Å². The molecule has 7 heteroatoms. The molecule has 0 bridgehead atoms. The Kier molecular flexibility index (Phi) is 2.63. The number of epoxide rings is 1. The number of ketones is 3. The molecule has 2 fully saturated rings. The van der Waals surface area contributed by atoms with E-state index < -0.39 is 46.2 Å². The first-order valence-corrected chi connectivity index (χ1v) is 8.42. The predicted molar refractivity (Wildman–Crippen MR) is 85.8 cm³/mol. The van der Waals surface area contributed by atoms with Gasteiger partial charge in [0.1, 0.15) is 5.75 Å². The van der Waals surface area contributed by atoms with Crippen molar-refractivity contribution in [3.8, 4) is 5.75 Å². The predicted octanol–water partition coefficient (Wildman–Crippen LogP) is 0.310. The summed E-state index contributed by atoms with van der Waals surface area (Å²) in [5, 5.41) is 31.9. The fraction of sp³-hybridized carbons (Fsp3) is 0.421. The number of aromatic hydroxyl groups is 1. The Morgan fingerprint density at radius 3 is 2.62 bits per heavy atom. The highest BCUT2D eigenvalue weighted by Crippen LogP contribution is 2.69. The molecule has 5 atom stereocenters. The number of allylic oxidation sites excluding steroid dienone is 1. The van der Waals surface area contributed by atoms with Crippen LogP contribution in [0.1, 0.15) is 40.5 Å². The number of phenolic OH excluding ortho intramolecular Hbond substituents is 1. The minimum atomic E-state index is -1.93. The molecule has 5 rings (SSSR count). The summed E-state index contributed by atoms with van der Waals surface area (Å²) < 4.78 is 5.66. The van der Waals surface area contributed by atoms with Crippen molar-refractivity contribution >= 4 is 17.3 Å². The number of carbonyl (C=O) groups is 3. The van der Waals surface area contributed by atoms with Crippen molar-refractivity contribution in [1.29, 1.82) is 0 Å². The van der Waals surface area contributed by atoms with Crippen LogP contribution in [0.3, 0.4) is 0 Å². The third kappa shape index (κ3) is 1.42. The molecule has 26 heavy (non-hydrogen) atoms. The van der Waals surface area contributed by atoms with Gasteiger partial charge in [0, 0.05) is 12.0 Å². The summed E-state index contributed by atoms with van der Waals surface area (Å²) in [7, 11) is 0. The van der Waals surface area contributed by atoms with Crippen LogP contribution in [-0.2, 0) is 9.53 Å². The number of aliphatic hydroxyl groups is 2. The van der Waals surface area contributed by atoms with Crippen molar-refractivity contribution in [3.63, 3.8) is 0 Å². The zero-order chi connectivity index (χ0) is 18.6. The molecular weight excluding hydrogens is 340 g/mol. The fourth-order valence-electron chi connectivity index (χ4n) is 5.36. The normalized spacial score (nSPS) is 43.0. The number of phenols is 1. The Bertz CT molecular complexity index is 963. The molecular formula is C19H16O7. The highest BCUT2D eigenvalue weighted by atomic mass is 16.7. The highest BCUT2D eigenvalue weighted by Gasteiger charge is 2.91. The first-order chi connectivity index (χ1) is 12.2. The van der Waals surface area contributed by atoms with E-state index in [-0.39, 0.29) is 29.7 Å². The first kappa shape index (κ1) is 15.9. The van der Waals surface area contributed by atoms with Gasteiger partial charge in [-0.2, -0.15) is 0 Å². The van der Waals surface area contributed by atoms with Gasteiger partial charge in [0.2, 0.25) is 5.78 Å². The maximum Gasteiger partial charge on any atom is 0.205 e. The molecule has 3 aliphatic carbocycles. The number of fused-ring (bicyclic) bond motifs is 2. The van der Waals surface area contributed by atoms with Crippen molar-refractivity contribution in [2.75, 3.05) is 0 Å². The lowest BCUT2D eigenvalue weighted by Crippen LogP contribution is -2.68. The average Bonchev–Trinajstić information content (AvgIpc) is 3.24. The standard InChI is InChI=1S/C19H16O7/c1-8-5-11(21)14-17(25,6-8)7-12(22)18-16(24)13-9(3-2-4-10(13)20)15(23)19(14,18)26-18/h2-5,12,14,20,22,25H,6-7H2,1H3/t12-,14-,17+,18-,19+/m1/s1. The second kappa shape index (κ2) is 4.31. The molecule has 0 unspecified atom stereocenters. The third-order valence-electron chi connectivity index (χ3n) is 6.24. The van der Waals surface area contributed by atoms with Gasteiger partial charge in [0.05, 0.1) is 23.2 Å². The molecule has 1 aliphatic heterocycles. The van der Waals surface area contributed by atoms with Crippen LogP contribution in [0.25, 0.3) is 0 Å². The largest absolute Gasteiger partial charge is 0.507 e. The molecule has 1 aromatic rings. The van der Waals surface area contributed by atoms with Crippen LogP contribution >= 0.6 is 0 Å². The zero-order valence-electron chi connectivity index (χ0n) is 13.9. The highest BCUT2D eigenvalue weighted by molar-refractivity contribution is 6.28. The van der Waals surface area contributed by atoms with Crippen molar-refractivity contribution in [3.05, 3.63) is 41.0 Å². The van der Waals surface area contributed by atoms with E-state index >= 15 is 0 Å². The Balaban J connectivity index is 1.80. The number of hydrogen-bond donors (Lipinski definition) is 3. The van der Waals surface area contributed by atoms with Crippen LogP contribution in [0.2, 0.25) is 0 Å². The second-order valence-electron chi connectivity index (χ2n) is 7.76. The van der Waals surface area contributed by atoms with Crippen molar-refractivity contribution < 1.29 is 34.4 Å².